The summed E-state index contributed by atoms with van der Waals surface area (Å²) in [6.45, 7) is 7.75. The van der Waals surface area contributed by atoms with Crippen LogP contribution in [0.3, 0.4) is 0 Å². The molecule has 2 atom stereocenters. The first-order valence-corrected chi connectivity index (χ1v) is 6.95. The Labute approximate surface area is 134 Å². The molecule has 0 saturated heterocycles. The van der Waals surface area contributed by atoms with Crippen molar-refractivity contribution in [1.29, 1.82) is 0 Å². The number of aliphatic imine (C=N–C) groups is 1. The molecular formula is C14H28IN3O. The van der Waals surface area contributed by atoms with E-state index in [9.17, 15) is 0 Å². The number of nitrogens with one attached hydrogen (secondary N) is 2. The Kier molecular flexibility index (Phi) is 5.52. The topological polar surface area (TPSA) is 45.7 Å². The molecule has 0 spiro atoms. The van der Waals surface area contributed by atoms with Gasteiger partial charge in [0.1, 0.15) is 0 Å². The van der Waals surface area contributed by atoms with Gasteiger partial charge in [0.25, 0.3) is 0 Å². The normalized spacial score (nSPS) is 33.1. The van der Waals surface area contributed by atoms with Crippen LogP contribution >= 0.6 is 24.0 Å². The molecule has 2 aliphatic carbocycles. The summed E-state index contributed by atoms with van der Waals surface area (Å²) in [6.07, 6.45) is 3.75. The van der Waals surface area contributed by atoms with E-state index in [1.807, 2.05) is 7.05 Å². The molecule has 5 heteroatoms. The number of hydrogen-bond donors (Lipinski definition) is 2. The first kappa shape index (κ1) is 17.0. The van der Waals surface area contributed by atoms with Crippen molar-refractivity contribution in [2.24, 2.45) is 16.3 Å². The highest BCUT2D eigenvalue weighted by Crippen LogP contribution is 2.51. The van der Waals surface area contributed by atoms with Crippen molar-refractivity contribution in [2.45, 2.75) is 51.7 Å². The minimum atomic E-state index is -0.0278. The third-order valence-corrected chi connectivity index (χ3v) is 5.07. The first-order valence-electron chi connectivity index (χ1n) is 6.95. The van der Waals surface area contributed by atoms with E-state index in [0.29, 0.717) is 6.04 Å². The van der Waals surface area contributed by atoms with Gasteiger partial charge >= 0.3 is 0 Å². The second kappa shape index (κ2) is 6.16. The number of guanidine groups is 1. The van der Waals surface area contributed by atoms with E-state index < -0.39 is 0 Å². The minimum Gasteiger partial charge on any atom is -0.378 e. The van der Waals surface area contributed by atoms with Crippen molar-refractivity contribution < 1.29 is 4.74 Å². The molecular weight excluding hydrogens is 353 g/mol. The van der Waals surface area contributed by atoms with Crippen molar-refractivity contribution in [3.8, 4) is 0 Å². The number of halogens is 1. The molecule has 0 aromatic rings. The molecule has 2 fully saturated rings. The lowest BCUT2D eigenvalue weighted by molar-refractivity contribution is -0.176. The zero-order valence-electron chi connectivity index (χ0n) is 12.7. The highest BCUT2D eigenvalue weighted by Gasteiger charge is 2.58. The zero-order valence-corrected chi connectivity index (χ0v) is 15.1. The van der Waals surface area contributed by atoms with Crippen LogP contribution in [0.5, 0.6) is 0 Å². The minimum absolute atomic E-state index is 0. The molecule has 0 bridgehead atoms. The maximum Gasteiger partial charge on any atom is 0.191 e. The molecule has 2 rings (SSSR count). The molecule has 0 aromatic carbocycles. The van der Waals surface area contributed by atoms with E-state index in [2.05, 4.69) is 36.4 Å². The van der Waals surface area contributed by atoms with E-state index >= 15 is 0 Å². The third-order valence-electron chi connectivity index (χ3n) is 5.07. The third kappa shape index (κ3) is 3.35. The van der Waals surface area contributed by atoms with Crippen molar-refractivity contribution >= 4 is 29.9 Å². The van der Waals surface area contributed by atoms with Crippen molar-refractivity contribution in [1.82, 2.24) is 10.6 Å². The van der Waals surface area contributed by atoms with Gasteiger partial charge in [-0.2, -0.15) is 0 Å². The molecule has 0 radical (unpaired) electrons. The fourth-order valence-corrected chi connectivity index (χ4v) is 2.65. The van der Waals surface area contributed by atoms with Crippen LogP contribution in [0, 0.1) is 11.3 Å². The second-order valence-corrected chi connectivity index (χ2v) is 6.45. The van der Waals surface area contributed by atoms with Crippen LogP contribution < -0.4 is 10.6 Å². The SMILES string of the molecule is CN=C(NCC1CC1)NC1CC(C)(OC)C1(C)C.I. The van der Waals surface area contributed by atoms with E-state index in [1.165, 1.54) is 12.8 Å². The fraction of sp³-hybridized carbons (Fsp3) is 0.929. The maximum absolute atomic E-state index is 5.64. The van der Waals surface area contributed by atoms with Gasteiger partial charge in [-0.1, -0.05) is 13.8 Å². The van der Waals surface area contributed by atoms with Crippen LogP contribution in [0.25, 0.3) is 0 Å². The average molecular weight is 381 g/mol. The standard InChI is InChI=1S/C14H27N3O.HI/c1-13(2)11(8-14(13,3)18-5)17-12(15-4)16-9-10-6-7-10;/h10-11H,6-9H2,1-5H3,(H2,15,16,17);1H. The highest BCUT2D eigenvalue weighted by atomic mass is 127. The summed E-state index contributed by atoms with van der Waals surface area (Å²) in [5.41, 5.74) is 0.0962. The predicted molar refractivity (Wildman–Crippen MR) is 90.2 cm³/mol. The van der Waals surface area contributed by atoms with Gasteiger partial charge in [0.2, 0.25) is 0 Å². The molecule has 0 amide bonds. The molecule has 112 valence electrons. The summed E-state index contributed by atoms with van der Waals surface area (Å²) >= 11 is 0. The van der Waals surface area contributed by atoms with Crippen LogP contribution in [0.15, 0.2) is 4.99 Å². The van der Waals surface area contributed by atoms with Gasteiger partial charge in [0, 0.05) is 32.2 Å². The Balaban J connectivity index is 0.00000180. The molecule has 2 aliphatic rings. The monoisotopic (exact) mass is 381 g/mol. The maximum atomic E-state index is 5.64. The van der Waals surface area contributed by atoms with Crippen LogP contribution in [0.2, 0.25) is 0 Å². The van der Waals surface area contributed by atoms with Gasteiger partial charge in [-0.3, -0.25) is 4.99 Å². The van der Waals surface area contributed by atoms with Crippen molar-refractivity contribution in [2.75, 3.05) is 20.7 Å². The number of hydrogen-bond acceptors (Lipinski definition) is 2. The fourth-order valence-electron chi connectivity index (χ4n) is 2.65. The Morgan fingerprint density at radius 1 is 1.32 bits per heavy atom. The van der Waals surface area contributed by atoms with E-state index in [-0.39, 0.29) is 35.0 Å². The quantitative estimate of drug-likeness (QED) is 0.447. The van der Waals surface area contributed by atoms with Gasteiger partial charge < -0.3 is 15.4 Å². The summed E-state index contributed by atoms with van der Waals surface area (Å²) < 4.78 is 5.64. The number of nitrogens with zero attached hydrogens (tertiary/aromatic N) is 1. The molecule has 0 heterocycles. The summed E-state index contributed by atoms with van der Waals surface area (Å²) in [5.74, 6) is 1.79. The van der Waals surface area contributed by atoms with Crippen LogP contribution in [0.4, 0.5) is 0 Å². The van der Waals surface area contributed by atoms with Crippen LogP contribution in [0.1, 0.15) is 40.0 Å². The summed E-state index contributed by atoms with van der Waals surface area (Å²) in [5, 5.41) is 6.94. The van der Waals surface area contributed by atoms with E-state index in [0.717, 1.165) is 24.8 Å². The molecule has 2 unspecified atom stereocenters. The number of rotatable bonds is 4. The van der Waals surface area contributed by atoms with Crippen molar-refractivity contribution in [3.63, 3.8) is 0 Å². The first-order chi connectivity index (χ1) is 8.43. The smallest absolute Gasteiger partial charge is 0.191 e. The Hall–Kier alpha value is -0.0400. The Morgan fingerprint density at radius 2 is 1.95 bits per heavy atom. The lowest BCUT2D eigenvalue weighted by atomic mass is 9.56. The van der Waals surface area contributed by atoms with Gasteiger partial charge in [-0.25, -0.2) is 0 Å². The van der Waals surface area contributed by atoms with E-state index in [4.69, 9.17) is 4.74 Å². The molecule has 4 nitrogen and oxygen atoms in total. The number of ether oxygens (including phenoxy) is 1. The Bertz CT molecular complexity index is 342. The lowest BCUT2D eigenvalue weighted by Gasteiger charge is -2.59. The molecule has 0 aromatic heterocycles. The van der Waals surface area contributed by atoms with Gasteiger partial charge in [0.05, 0.1) is 5.60 Å². The van der Waals surface area contributed by atoms with Crippen LogP contribution in [-0.2, 0) is 4.74 Å². The van der Waals surface area contributed by atoms with Gasteiger partial charge in [-0.05, 0) is 32.1 Å². The average Bonchev–Trinajstić information content (AvgIpc) is 3.16. The van der Waals surface area contributed by atoms with Gasteiger partial charge in [0.15, 0.2) is 5.96 Å². The van der Waals surface area contributed by atoms with Gasteiger partial charge in [-0.15, -0.1) is 24.0 Å². The highest BCUT2D eigenvalue weighted by molar-refractivity contribution is 14.0. The summed E-state index contributed by atoms with van der Waals surface area (Å²) in [7, 11) is 3.64. The predicted octanol–water partition coefficient (Wildman–Crippen LogP) is 2.38. The Morgan fingerprint density at radius 3 is 2.37 bits per heavy atom. The summed E-state index contributed by atoms with van der Waals surface area (Å²) in [4.78, 5) is 4.30. The zero-order chi connectivity index (χ0) is 13.4. The summed E-state index contributed by atoms with van der Waals surface area (Å²) in [6, 6.07) is 0.424. The molecule has 0 aliphatic heterocycles. The number of methoxy groups -OCH3 is 1. The van der Waals surface area contributed by atoms with Crippen LogP contribution in [-0.4, -0.2) is 38.3 Å². The molecule has 2 N–H and O–H groups in total. The lowest BCUT2D eigenvalue weighted by Crippen LogP contribution is -2.69. The molecule has 19 heavy (non-hydrogen) atoms. The van der Waals surface area contributed by atoms with Crippen molar-refractivity contribution in [3.05, 3.63) is 0 Å². The van der Waals surface area contributed by atoms with E-state index in [1.54, 1.807) is 7.11 Å². The second-order valence-electron chi connectivity index (χ2n) is 6.45. The largest absolute Gasteiger partial charge is 0.378 e. The molecule has 2 saturated carbocycles.